The highest BCUT2D eigenvalue weighted by Crippen LogP contribution is 2.32. The van der Waals surface area contributed by atoms with Crippen molar-refractivity contribution in [1.82, 2.24) is 20.1 Å². The second-order valence-electron chi connectivity index (χ2n) is 8.85. The number of carbonyl (C=O) groups is 2. The van der Waals surface area contributed by atoms with E-state index in [1.165, 1.54) is 0 Å². The summed E-state index contributed by atoms with van der Waals surface area (Å²) in [5, 5.41) is 3.08. The number of carbonyl (C=O) groups excluding carboxylic acids is 2. The summed E-state index contributed by atoms with van der Waals surface area (Å²) in [5.74, 6) is 0.628. The SMILES string of the molecule is Cc1cc(C(=O)NCCN(C2CCOCC2)C2CCN(C(=O)C3CC3)CC2)ccn1. The van der Waals surface area contributed by atoms with Gasteiger partial charge in [-0.3, -0.25) is 19.5 Å². The van der Waals surface area contributed by atoms with Gasteiger partial charge in [-0.2, -0.15) is 0 Å². The molecule has 1 aromatic rings. The molecule has 3 heterocycles. The van der Waals surface area contributed by atoms with E-state index < -0.39 is 0 Å². The molecule has 1 aliphatic carbocycles. The lowest BCUT2D eigenvalue weighted by atomic mass is 9.97. The topological polar surface area (TPSA) is 74.8 Å². The first-order valence-corrected chi connectivity index (χ1v) is 11.4. The molecule has 0 unspecified atom stereocenters. The Labute approximate surface area is 179 Å². The summed E-state index contributed by atoms with van der Waals surface area (Å²) < 4.78 is 5.58. The summed E-state index contributed by atoms with van der Waals surface area (Å²) in [6.45, 7) is 6.70. The van der Waals surface area contributed by atoms with Crippen LogP contribution in [0.15, 0.2) is 18.3 Å². The van der Waals surface area contributed by atoms with Gasteiger partial charge in [0.05, 0.1) is 0 Å². The molecule has 2 aliphatic heterocycles. The molecule has 2 amide bonds. The highest BCUT2D eigenvalue weighted by atomic mass is 16.5. The zero-order valence-corrected chi connectivity index (χ0v) is 18.0. The van der Waals surface area contributed by atoms with Gasteiger partial charge in [-0.25, -0.2) is 0 Å². The molecule has 2 saturated heterocycles. The highest BCUT2D eigenvalue weighted by Gasteiger charge is 2.37. The van der Waals surface area contributed by atoms with E-state index in [9.17, 15) is 9.59 Å². The first kappa shape index (κ1) is 21.2. The first-order valence-electron chi connectivity index (χ1n) is 11.4. The molecular formula is C23H34N4O3. The Morgan fingerprint density at radius 2 is 1.83 bits per heavy atom. The third kappa shape index (κ3) is 5.38. The van der Waals surface area contributed by atoms with Gasteiger partial charge in [-0.15, -0.1) is 0 Å². The van der Waals surface area contributed by atoms with Crippen molar-refractivity contribution in [2.75, 3.05) is 39.4 Å². The third-order valence-electron chi connectivity index (χ3n) is 6.65. The van der Waals surface area contributed by atoms with Crippen LogP contribution < -0.4 is 5.32 Å². The maximum atomic E-state index is 12.5. The molecule has 7 nitrogen and oxygen atoms in total. The molecular weight excluding hydrogens is 380 g/mol. The van der Waals surface area contributed by atoms with Crippen LogP contribution in [0.5, 0.6) is 0 Å². The van der Waals surface area contributed by atoms with Crippen molar-refractivity contribution < 1.29 is 14.3 Å². The van der Waals surface area contributed by atoms with E-state index in [-0.39, 0.29) is 5.91 Å². The third-order valence-corrected chi connectivity index (χ3v) is 6.65. The van der Waals surface area contributed by atoms with Crippen LogP contribution in [0.3, 0.4) is 0 Å². The van der Waals surface area contributed by atoms with Crippen LogP contribution in [-0.2, 0) is 9.53 Å². The summed E-state index contributed by atoms with van der Waals surface area (Å²) in [5.41, 5.74) is 1.51. The fourth-order valence-electron chi connectivity index (χ4n) is 4.77. The van der Waals surface area contributed by atoms with Gasteiger partial charge in [0.2, 0.25) is 5.91 Å². The van der Waals surface area contributed by atoms with Crippen molar-refractivity contribution in [3.05, 3.63) is 29.6 Å². The van der Waals surface area contributed by atoms with E-state index in [4.69, 9.17) is 4.74 Å². The second kappa shape index (κ2) is 9.88. The maximum absolute atomic E-state index is 12.5. The summed E-state index contributed by atoms with van der Waals surface area (Å²) in [7, 11) is 0. The Morgan fingerprint density at radius 1 is 1.13 bits per heavy atom. The van der Waals surface area contributed by atoms with E-state index in [1.807, 2.05) is 13.0 Å². The zero-order chi connectivity index (χ0) is 20.9. The summed E-state index contributed by atoms with van der Waals surface area (Å²) in [6.07, 6.45) is 7.95. The number of nitrogens with one attached hydrogen (secondary N) is 1. The van der Waals surface area contributed by atoms with Crippen LogP contribution in [0.1, 0.15) is 54.6 Å². The number of pyridine rings is 1. The Hall–Kier alpha value is -1.99. The van der Waals surface area contributed by atoms with Gasteiger partial charge in [-0.05, 0) is 57.6 Å². The van der Waals surface area contributed by atoms with Crippen LogP contribution in [0.25, 0.3) is 0 Å². The number of aromatic nitrogens is 1. The molecule has 30 heavy (non-hydrogen) atoms. The number of aryl methyl sites for hydroxylation is 1. The van der Waals surface area contributed by atoms with Crippen molar-refractivity contribution in [1.29, 1.82) is 0 Å². The molecule has 0 spiro atoms. The molecule has 0 bridgehead atoms. The fraction of sp³-hybridized carbons (Fsp3) is 0.696. The van der Waals surface area contributed by atoms with Crippen LogP contribution in [0, 0.1) is 12.8 Å². The number of hydrogen-bond donors (Lipinski definition) is 1. The van der Waals surface area contributed by atoms with E-state index in [1.54, 1.807) is 12.3 Å². The van der Waals surface area contributed by atoms with Crippen LogP contribution in [0.2, 0.25) is 0 Å². The number of piperidine rings is 1. The van der Waals surface area contributed by atoms with E-state index in [0.29, 0.717) is 36.0 Å². The average Bonchev–Trinajstić information content (AvgIpc) is 3.62. The van der Waals surface area contributed by atoms with Gasteiger partial charge < -0.3 is 15.0 Å². The molecule has 3 fully saturated rings. The van der Waals surface area contributed by atoms with Gasteiger partial charge in [-0.1, -0.05) is 0 Å². The Balaban J connectivity index is 1.32. The normalized spacial score (nSPS) is 21.1. The quantitative estimate of drug-likeness (QED) is 0.739. The summed E-state index contributed by atoms with van der Waals surface area (Å²) in [4.78, 5) is 33.7. The highest BCUT2D eigenvalue weighted by molar-refractivity contribution is 5.94. The van der Waals surface area contributed by atoms with Crippen molar-refractivity contribution in [2.24, 2.45) is 5.92 Å². The minimum absolute atomic E-state index is 0.0442. The second-order valence-corrected chi connectivity index (χ2v) is 8.85. The zero-order valence-electron chi connectivity index (χ0n) is 18.0. The average molecular weight is 415 g/mol. The van der Waals surface area contributed by atoms with Gasteiger partial charge in [0.1, 0.15) is 0 Å². The largest absolute Gasteiger partial charge is 0.381 e. The van der Waals surface area contributed by atoms with Gasteiger partial charge in [0.25, 0.3) is 5.91 Å². The minimum Gasteiger partial charge on any atom is -0.381 e. The number of hydrogen-bond acceptors (Lipinski definition) is 5. The molecule has 7 heteroatoms. The van der Waals surface area contributed by atoms with E-state index >= 15 is 0 Å². The molecule has 1 N–H and O–H groups in total. The first-order chi connectivity index (χ1) is 14.6. The lowest BCUT2D eigenvalue weighted by Gasteiger charge is -2.43. The smallest absolute Gasteiger partial charge is 0.251 e. The maximum Gasteiger partial charge on any atom is 0.251 e. The number of ether oxygens (including phenoxy) is 1. The molecule has 164 valence electrons. The van der Waals surface area contributed by atoms with Crippen molar-refractivity contribution in [2.45, 2.75) is 57.5 Å². The predicted octanol–water partition coefficient (Wildman–Crippen LogP) is 2.00. The van der Waals surface area contributed by atoms with Crippen molar-refractivity contribution in [3.63, 3.8) is 0 Å². The molecule has 0 radical (unpaired) electrons. The van der Waals surface area contributed by atoms with E-state index in [2.05, 4.69) is 20.1 Å². The number of likely N-dealkylation sites (tertiary alicyclic amines) is 1. The summed E-state index contributed by atoms with van der Waals surface area (Å²) >= 11 is 0. The lowest BCUT2D eigenvalue weighted by Crippen LogP contribution is -2.53. The van der Waals surface area contributed by atoms with Gasteiger partial charge in [0.15, 0.2) is 0 Å². The van der Waals surface area contributed by atoms with Gasteiger partial charge in [0, 0.05) is 74.8 Å². The minimum atomic E-state index is -0.0442. The molecule has 1 saturated carbocycles. The fourth-order valence-corrected chi connectivity index (χ4v) is 4.77. The van der Waals surface area contributed by atoms with Crippen LogP contribution in [-0.4, -0.2) is 78.1 Å². The number of nitrogens with zero attached hydrogens (tertiary/aromatic N) is 3. The number of amides is 2. The molecule has 4 rings (SSSR count). The van der Waals surface area contributed by atoms with E-state index in [0.717, 1.165) is 77.1 Å². The monoisotopic (exact) mass is 414 g/mol. The van der Waals surface area contributed by atoms with Crippen LogP contribution >= 0.6 is 0 Å². The standard InChI is InChI=1S/C23H34N4O3/c1-17-16-19(4-9-24-17)22(28)25-10-13-27(21-7-14-30-15-8-21)20-5-11-26(12-6-20)23(29)18-2-3-18/h4,9,16,18,20-21H,2-3,5-8,10-15H2,1H3,(H,25,28). The molecule has 0 atom stereocenters. The molecule has 0 aromatic carbocycles. The Bertz CT molecular complexity index is 738. The van der Waals surface area contributed by atoms with Gasteiger partial charge >= 0.3 is 0 Å². The Kier molecular flexibility index (Phi) is 7.00. The molecule has 3 aliphatic rings. The van der Waals surface area contributed by atoms with Crippen LogP contribution in [0.4, 0.5) is 0 Å². The summed E-state index contributed by atoms with van der Waals surface area (Å²) in [6, 6.07) is 4.54. The lowest BCUT2D eigenvalue weighted by molar-refractivity contribution is -0.134. The Morgan fingerprint density at radius 3 is 2.50 bits per heavy atom. The number of rotatable bonds is 7. The van der Waals surface area contributed by atoms with Crippen molar-refractivity contribution >= 4 is 11.8 Å². The molecule has 1 aromatic heterocycles. The predicted molar refractivity (Wildman–Crippen MR) is 114 cm³/mol. The van der Waals surface area contributed by atoms with Crippen molar-refractivity contribution in [3.8, 4) is 0 Å².